The van der Waals surface area contributed by atoms with E-state index in [9.17, 15) is 4.79 Å². The van der Waals surface area contributed by atoms with Gasteiger partial charge in [-0.2, -0.15) is 0 Å². The van der Waals surface area contributed by atoms with Gasteiger partial charge in [0.25, 0.3) is 0 Å². The highest BCUT2D eigenvalue weighted by molar-refractivity contribution is 5.85. The van der Waals surface area contributed by atoms with Gasteiger partial charge in [-0.25, -0.2) is 0 Å². The van der Waals surface area contributed by atoms with Crippen LogP contribution in [0.3, 0.4) is 0 Å². The lowest BCUT2D eigenvalue weighted by Gasteiger charge is -2.19. The molecule has 2 unspecified atom stereocenters. The molecular weight excluding hydrogens is 212 g/mol. The Morgan fingerprint density at radius 1 is 1.29 bits per heavy atom. The van der Waals surface area contributed by atoms with Gasteiger partial charge in [0.1, 0.15) is 0 Å². The van der Waals surface area contributed by atoms with Crippen molar-refractivity contribution in [1.29, 1.82) is 0 Å². The van der Waals surface area contributed by atoms with Gasteiger partial charge in [-0.15, -0.1) is 0 Å². The Labute approximate surface area is 102 Å². The average Bonchev–Trinajstić information content (AvgIpc) is 3.10. The number of nitrogens with one attached hydrogen (secondary N) is 1. The van der Waals surface area contributed by atoms with Crippen LogP contribution in [0.1, 0.15) is 25.3 Å². The van der Waals surface area contributed by atoms with Crippen molar-refractivity contribution in [3.8, 4) is 0 Å². The minimum Gasteiger partial charge on any atom is -0.323 e. The molecule has 3 heteroatoms. The normalized spacial score (nSPS) is 28.8. The second kappa shape index (κ2) is 4.15. The number of rotatable bonds is 3. The second-order valence-corrected chi connectivity index (χ2v) is 5.06. The molecule has 1 aromatic rings. The maximum absolute atomic E-state index is 12.3. The summed E-state index contributed by atoms with van der Waals surface area (Å²) in [6, 6.07) is 10.7. The molecule has 17 heavy (non-hydrogen) atoms. The molecule has 1 heterocycles. The maximum Gasteiger partial charge on any atom is 0.241 e. The molecule has 1 aromatic carbocycles. The number of carbonyl (C=O) groups is 1. The van der Waals surface area contributed by atoms with Gasteiger partial charge in [-0.05, 0) is 31.7 Å². The minimum atomic E-state index is -0.0343. The van der Waals surface area contributed by atoms with Crippen molar-refractivity contribution >= 4 is 5.91 Å². The first-order valence-electron chi connectivity index (χ1n) is 6.38. The Morgan fingerprint density at radius 3 is 2.65 bits per heavy atom. The summed E-state index contributed by atoms with van der Waals surface area (Å²) in [4.78, 5) is 14.3. The summed E-state index contributed by atoms with van der Waals surface area (Å²) in [5.41, 5.74) is 1.23. The lowest BCUT2D eigenvalue weighted by molar-refractivity contribution is -0.130. The van der Waals surface area contributed by atoms with Gasteiger partial charge in [0, 0.05) is 6.04 Å². The van der Waals surface area contributed by atoms with Crippen molar-refractivity contribution < 1.29 is 4.79 Å². The van der Waals surface area contributed by atoms with Gasteiger partial charge in [0.15, 0.2) is 0 Å². The Hall–Kier alpha value is -1.35. The molecule has 2 fully saturated rings. The number of benzene rings is 1. The van der Waals surface area contributed by atoms with Gasteiger partial charge in [0.05, 0.1) is 12.2 Å². The number of hydrogen-bond acceptors (Lipinski definition) is 2. The van der Waals surface area contributed by atoms with Crippen LogP contribution < -0.4 is 5.32 Å². The third kappa shape index (κ3) is 2.07. The zero-order valence-electron chi connectivity index (χ0n) is 10.1. The largest absolute Gasteiger partial charge is 0.323 e. The number of carbonyl (C=O) groups excluding carboxylic acids is 1. The molecular formula is C14H18N2O. The first kappa shape index (κ1) is 10.8. The molecule has 1 aliphatic heterocycles. The van der Waals surface area contributed by atoms with Crippen LogP contribution in [0.5, 0.6) is 0 Å². The Morgan fingerprint density at radius 2 is 2.00 bits per heavy atom. The molecule has 0 bridgehead atoms. The molecule has 1 saturated carbocycles. The fraction of sp³-hybridized carbons (Fsp3) is 0.500. The van der Waals surface area contributed by atoms with Gasteiger partial charge < -0.3 is 4.90 Å². The smallest absolute Gasteiger partial charge is 0.241 e. The third-order valence-electron chi connectivity index (χ3n) is 3.64. The summed E-state index contributed by atoms with van der Waals surface area (Å²) in [5, 5.41) is 3.40. The van der Waals surface area contributed by atoms with E-state index >= 15 is 0 Å². The SMILES string of the molecule is CC1NC(Cc2ccccc2)C(=O)N1C1CC1. The van der Waals surface area contributed by atoms with Crippen molar-refractivity contribution in [2.24, 2.45) is 0 Å². The Bertz CT molecular complexity index is 413. The summed E-state index contributed by atoms with van der Waals surface area (Å²) in [5.74, 6) is 0.281. The van der Waals surface area contributed by atoms with E-state index in [2.05, 4.69) is 24.4 Å². The summed E-state index contributed by atoms with van der Waals surface area (Å²) < 4.78 is 0. The topological polar surface area (TPSA) is 32.3 Å². The lowest BCUT2D eigenvalue weighted by Crippen LogP contribution is -2.36. The fourth-order valence-electron chi connectivity index (χ4n) is 2.66. The molecule has 1 amide bonds. The first-order valence-corrected chi connectivity index (χ1v) is 6.38. The molecule has 1 aliphatic carbocycles. The zero-order chi connectivity index (χ0) is 11.8. The minimum absolute atomic E-state index is 0.0343. The standard InChI is InChI=1S/C14H18N2O/c1-10-15-13(9-11-5-3-2-4-6-11)14(17)16(10)12-7-8-12/h2-6,10,12-13,15H,7-9H2,1H3. The highest BCUT2D eigenvalue weighted by Crippen LogP contribution is 2.31. The molecule has 0 radical (unpaired) electrons. The number of nitrogens with zero attached hydrogens (tertiary/aromatic N) is 1. The van der Waals surface area contributed by atoms with E-state index in [0.29, 0.717) is 6.04 Å². The van der Waals surface area contributed by atoms with Crippen molar-refractivity contribution in [2.45, 2.75) is 44.4 Å². The van der Waals surface area contributed by atoms with E-state index < -0.39 is 0 Å². The van der Waals surface area contributed by atoms with Crippen LogP contribution >= 0.6 is 0 Å². The Kier molecular flexibility index (Phi) is 2.63. The van der Waals surface area contributed by atoms with Crippen LogP contribution in [0.25, 0.3) is 0 Å². The quantitative estimate of drug-likeness (QED) is 0.854. The monoisotopic (exact) mass is 230 g/mol. The van der Waals surface area contributed by atoms with Gasteiger partial charge in [-0.1, -0.05) is 30.3 Å². The van der Waals surface area contributed by atoms with Crippen LogP contribution in [-0.4, -0.2) is 29.1 Å². The van der Waals surface area contributed by atoms with Crippen LogP contribution in [0.15, 0.2) is 30.3 Å². The molecule has 3 nitrogen and oxygen atoms in total. The summed E-state index contributed by atoms with van der Waals surface area (Å²) in [7, 11) is 0. The highest BCUT2D eigenvalue weighted by atomic mass is 16.2. The van der Waals surface area contributed by atoms with Crippen molar-refractivity contribution in [1.82, 2.24) is 10.2 Å². The second-order valence-electron chi connectivity index (χ2n) is 5.06. The van der Waals surface area contributed by atoms with E-state index in [-0.39, 0.29) is 18.1 Å². The molecule has 0 spiro atoms. The van der Waals surface area contributed by atoms with Crippen LogP contribution in [0, 0.1) is 0 Å². The highest BCUT2D eigenvalue weighted by Gasteiger charge is 2.43. The summed E-state index contributed by atoms with van der Waals surface area (Å²) in [6.45, 7) is 2.08. The van der Waals surface area contributed by atoms with Gasteiger partial charge in [0.2, 0.25) is 5.91 Å². The van der Waals surface area contributed by atoms with E-state index in [1.807, 2.05) is 23.1 Å². The molecule has 2 aliphatic rings. The van der Waals surface area contributed by atoms with Crippen molar-refractivity contribution in [3.05, 3.63) is 35.9 Å². The molecule has 0 aromatic heterocycles. The third-order valence-corrected chi connectivity index (χ3v) is 3.64. The fourth-order valence-corrected chi connectivity index (χ4v) is 2.66. The first-order chi connectivity index (χ1) is 8.25. The van der Waals surface area contributed by atoms with Crippen LogP contribution in [-0.2, 0) is 11.2 Å². The number of hydrogen-bond donors (Lipinski definition) is 1. The summed E-state index contributed by atoms with van der Waals surface area (Å²) in [6.07, 6.45) is 3.35. The van der Waals surface area contributed by atoms with Crippen LogP contribution in [0.2, 0.25) is 0 Å². The van der Waals surface area contributed by atoms with E-state index in [0.717, 1.165) is 6.42 Å². The zero-order valence-corrected chi connectivity index (χ0v) is 10.1. The van der Waals surface area contributed by atoms with E-state index in [4.69, 9.17) is 0 Å². The molecule has 1 saturated heterocycles. The number of amides is 1. The van der Waals surface area contributed by atoms with E-state index in [1.54, 1.807) is 0 Å². The van der Waals surface area contributed by atoms with Crippen molar-refractivity contribution in [2.75, 3.05) is 0 Å². The lowest BCUT2D eigenvalue weighted by atomic mass is 10.1. The Balaban J connectivity index is 1.71. The van der Waals surface area contributed by atoms with Crippen molar-refractivity contribution in [3.63, 3.8) is 0 Å². The summed E-state index contributed by atoms with van der Waals surface area (Å²) >= 11 is 0. The van der Waals surface area contributed by atoms with Gasteiger partial charge >= 0.3 is 0 Å². The van der Waals surface area contributed by atoms with E-state index in [1.165, 1.54) is 18.4 Å². The maximum atomic E-state index is 12.3. The molecule has 1 N–H and O–H groups in total. The predicted octanol–water partition coefficient (Wildman–Crippen LogP) is 1.54. The van der Waals surface area contributed by atoms with Gasteiger partial charge in [-0.3, -0.25) is 10.1 Å². The predicted molar refractivity (Wildman–Crippen MR) is 66.4 cm³/mol. The average molecular weight is 230 g/mol. The van der Waals surface area contributed by atoms with Crippen LogP contribution in [0.4, 0.5) is 0 Å². The molecule has 90 valence electrons. The molecule has 3 rings (SSSR count). The molecule has 2 atom stereocenters.